The van der Waals surface area contributed by atoms with Gasteiger partial charge < -0.3 is 14.2 Å². The minimum Gasteiger partial charge on any atom is -0.496 e. The molecule has 6 heteroatoms. The molecule has 2 aliphatic rings. The molecule has 0 spiro atoms. The molecule has 1 unspecified atom stereocenters. The molecule has 1 aromatic heterocycles. The van der Waals surface area contributed by atoms with E-state index in [0.29, 0.717) is 11.3 Å². The van der Waals surface area contributed by atoms with Gasteiger partial charge in [0.05, 0.1) is 29.7 Å². The predicted octanol–water partition coefficient (Wildman–Crippen LogP) is 5.23. The summed E-state index contributed by atoms with van der Waals surface area (Å²) in [6.07, 6.45) is 3.83. The normalized spacial score (nSPS) is 16.1. The number of aromatic nitrogens is 1. The predicted molar refractivity (Wildman–Crippen MR) is 139 cm³/mol. The van der Waals surface area contributed by atoms with Crippen LogP contribution in [-0.4, -0.2) is 41.0 Å². The highest BCUT2D eigenvalue weighted by Crippen LogP contribution is 2.42. The van der Waals surface area contributed by atoms with Gasteiger partial charge in [-0.25, -0.2) is 0 Å². The van der Waals surface area contributed by atoms with Crippen LogP contribution < -0.4 is 9.64 Å². The first-order valence-corrected chi connectivity index (χ1v) is 12.2. The summed E-state index contributed by atoms with van der Waals surface area (Å²) in [7, 11) is 1.56. The van der Waals surface area contributed by atoms with Crippen molar-refractivity contribution < 1.29 is 14.3 Å². The molecule has 0 N–H and O–H groups in total. The van der Waals surface area contributed by atoms with Crippen molar-refractivity contribution in [3.63, 3.8) is 0 Å². The van der Waals surface area contributed by atoms with E-state index in [2.05, 4.69) is 22.8 Å². The smallest absolute Gasteiger partial charge is 0.258 e. The maximum atomic E-state index is 14.2. The van der Waals surface area contributed by atoms with Crippen molar-refractivity contribution in [3.8, 4) is 11.4 Å². The molecule has 2 amide bonds. The molecule has 0 radical (unpaired) electrons. The summed E-state index contributed by atoms with van der Waals surface area (Å²) in [6.45, 7) is -0.0000744. The second-order valence-electron chi connectivity index (χ2n) is 9.23. The molecule has 6 nitrogen and oxygen atoms in total. The Bertz CT molecular complexity index is 1420. The van der Waals surface area contributed by atoms with Gasteiger partial charge >= 0.3 is 0 Å². The molecule has 0 saturated heterocycles. The first-order valence-electron chi connectivity index (χ1n) is 12.2. The van der Waals surface area contributed by atoms with E-state index in [1.807, 2.05) is 71.8 Å². The first-order chi connectivity index (χ1) is 17.7. The molecular weight excluding hydrogens is 450 g/mol. The Hall–Kier alpha value is -4.32. The second-order valence-corrected chi connectivity index (χ2v) is 9.23. The molecular formula is C30H27N3O3. The fourth-order valence-corrected chi connectivity index (χ4v) is 5.16. The molecule has 4 aromatic rings. The van der Waals surface area contributed by atoms with Gasteiger partial charge in [-0.15, -0.1) is 0 Å². The van der Waals surface area contributed by atoms with Crippen molar-refractivity contribution in [2.24, 2.45) is 0 Å². The third kappa shape index (κ3) is 3.75. The van der Waals surface area contributed by atoms with Crippen LogP contribution in [0.5, 0.6) is 5.75 Å². The highest BCUT2D eigenvalue weighted by atomic mass is 16.5. The molecule has 180 valence electrons. The number of amides is 2. The minimum atomic E-state index is -0.300. The molecule has 1 saturated carbocycles. The Morgan fingerprint density at radius 3 is 2.31 bits per heavy atom. The van der Waals surface area contributed by atoms with Gasteiger partial charge in [-0.1, -0.05) is 54.6 Å². The lowest BCUT2D eigenvalue weighted by molar-refractivity contribution is -0.119. The van der Waals surface area contributed by atoms with Crippen molar-refractivity contribution in [2.75, 3.05) is 18.6 Å². The number of benzene rings is 3. The molecule has 6 rings (SSSR count). The van der Waals surface area contributed by atoms with E-state index < -0.39 is 0 Å². The molecule has 1 atom stereocenters. The average molecular weight is 478 g/mol. The zero-order valence-corrected chi connectivity index (χ0v) is 20.1. The van der Waals surface area contributed by atoms with E-state index in [-0.39, 0.29) is 30.4 Å². The number of ether oxygens (including phenoxy) is 1. The van der Waals surface area contributed by atoms with Crippen LogP contribution in [0, 0.1) is 0 Å². The van der Waals surface area contributed by atoms with Crippen LogP contribution >= 0.6 is 0 Å². The van der Waals surface area contributed by atoms with Gasteiger partial charge in [-0.3, -0.25) is 14.5 Å². The van der Waals surface area contributed by atoms with E-state index in [0.717, 1.165) is 35.5 Å². The number of hydrogen-bond donors (Lipinski definition) is 0. The van der Waals surface area contributed by atoms with Crippen LogP contribution in [0.25, 0.3) is 5.69 Å². The third-order valence-electron chi connectivity index (χ3n) is 6.99. The summed E-state index contributed by atoms with van der Waals surface area (Å²) in [5.41, 5.74) is 4.30. The number of hydrogen-bond acceptors (Lipinski definition) is 3. The standard InChI is InChI=1S/C30H27N3O3/c1-36-27-16-8-5-12-23(27)30(35)32(22-17-18-22)20-28(34)33-25-14-7-6-13-24(25)31-19-9-15-26(31)29(33)21-10-3-2-4-11-21/h2-16,19,22,29H,17-18,20H2,1H3. The summed E-state index contributed by atoms with van der Waals surface area (Å²) in [5.74, 6) is 0.232. The van der Waals surface area contributed by atoms with Crippen LogP contribution in [0.2, 0.25) is 0 Å². The summed E-state index contributed by atoms with van der Waals surface area (Å²) < 4.78 is 7.59. The van der Waals surface area contributed by atoms with Crippen molar-refractivity contribution in [1.29, 1.82) is 0 Å². The fourth-order valence-electron chi connectivity index (χ4n) is 5.16. The lowest BCUT2D eigenvalue weighted by Gasteiger charge is -2.39. The monoisotopic (exact) mass is 477 g/mol. The number of carbonyl (C=O) groups excluding carboxylic acids is 2. The Morgan fingerprint density at radius 1 is 0.861 bits per heavy atom. The molecule has 0 bridgehead atoms. The van der Waals surface area contributed by atoms with Crippen molar-refractivity contribution in [3.05, 3.63) is 114 Å². The largest absolute Gasteiger partial charge is 0.496 e. The number of fused-ring (bicyclic) bond motifs is 3. The Morgan fingerprint density at radius 2 is 1.56 bits per heavy atom. The number of carbonyl (C=O) groups is 2. The zero-order chi connectivity index (χ0) is 24.6. The summed E-state index contributed by atoms with van der Waals surface area (Å²) >= 11 is 0. The topological polar surface area (TPSA) is 54.8 Å². The molecule has 3 aromatic carbocycles. The summed E-state index contributed by atoms with van der Waals surface area (Å²) in [5, 5.41) is 0. The Kier molecular flexibility index (Phi) is 5.56. The minimum absolute atomic E-state index is 0.0000744. The quantitative estimate of drug-likeness (QED) is 0.382. The summed E-state index contributed by atoms with van der Waals surface area (Å²) in [6, 6.07) is 29.0. The molecule has 36 heavy (non-hydrogen) atoms. The maximum absolute atomic E-state index is 14.2. The van der Waals surface area contributed by atoms with Crippen LogP contribution in [0.4, 0.5) is 5.69 Å². The highest BCUT2D eigenvalue weighted by molar-refractivity contribution is 6.03. The van der Waals surface area contributed by atoms with Gasteiger partial charge in [0.1, 0.15) is 18.3 Å². The first kappa shape index (κ1) is 22.2. The molecule has 1 aliphatic carbocycles. The van der Waals surface area contributed by atoms with Crippen LogP contribution in [0.1, 0.15) is 40.5 Å². The van der Waals surface area contributed by atoms with Gasteiger partial charge in [0.2, 0.25) is 5.91 Å². The lowest BCUT2D eigenvalue weighted by Crippen LogP contribution is -2.47. The maximum Gasteiger partial charge on any atom is 0.258 e. The van der Waals surface area contributed by atoms with E-state index in [9.17, 15) is 9.59 Å². The van der Waals surface area contributed by atoms with E-state index in [4.69, 9.17) is 4.74 Å². The lowest BCUT2D eigenvalue weighted by atomic mass is 9.97. The average Bonchev–Trinajstić information content (AvgIpc) is 3.66. The number of rotatable bonds is 6. The van der Waals surface area contributed by atoms with E-state index >= 15 is 0 Å². The Labute approximate surface area is 210 Å². The van der Waals surface area contributed by atoms with Crippen molar-refractivity contribution >= 4 is 17.5 Å². The second kappa shape index (κ2) is 9.04. The van der Waals surface area contributed by atoms with Crippen LogP contribution in [0.15, 0.2) is 97.2 Å². The molecule has 2 heterocycles. The van der Waals surface area contributed by atoms with Gasteiger partial charge in [0, 0.05) is 12.2 Å². The Balaban J connectivity index is 1.41. The van der Waals surface area contributed by atoms with Gasteiger partial charge in [0.15, 0.2) is 0 Å². The SMILES string of the molecule is COc1ccccc1C(=O)N(CC(=O)N1c2ccccc2-n2cccc2C1c1ccccc1)C1CC1. The number of para-hydroxylation sites is 3. The molecule has 1 aliphatic heterocycles. The van der Waals surface area contributed by atoms with Crippen LogP contribution in [-0.2, 0) is 4.79 Å². The third-order valence-corrected chi connectivity index (χ3v) is 6.99. The fraction of sp³-hybridized carbons (Fsp3) is 0.200. The summed E-state index contributed by atoms with van der Waals surface area (Å²) in [4.78, 5) is 31.4. The van der Waals surface area contributed by atoms with E-state index in [1.54, 1.807) is 24.1 Å². The number of methoxy groups -OCH3 is 1. The van der Waals surface area contributed by atoms with E-state index in [1.165, 1.54) is 0 Å². The number of nitrogens with zero attached hydrogens (tertiary/aromatic N) is 3. The number of anilines is 1. The van der Waals surface area contributed by atoms with Crippen LogP contribution in [0.3, 0.4) is 0 Å². The highest BCUT2D eigenvalue weighted by Gasteiger charge is 2.40. The van der Waals surface area contributed by atoms with Crippen molar-refractivity contribution in [2.45, 2.75) is 24.9 Å². The van der Waals surface area contributed by atoms with Crippen molar-refractivity contribution in [1.82, 2.24) is 9.47 Å². The van der Waals surface area contributed by atoms with Gasteiger partial charge in [-0.05, 0) is 54.8 Å². The van der Waals surface area contributed by atoms with Gasteiger partial charge in [-0.2, -0.15) is 0 Å². The van der Waals surface area contributed by atoms with Gasteiger partial charge in [0.25, 0.3) is 5.91 Å². The molecule has 1 fully saturated rings. The zero-order valence-electron chi connectivity index (χ0n) is 20.1.